The van der Waals surface area contributed by atoms with Gasteiger partial charge in [0.2, 0.25) is 9.84 Å². The molecule has 1 saturated carbocycles. The maximum atomic E-state index is 13.1. The van der Waals surface area contributed by atoms with E-state index in [9.17, 15) is 8.42 Å². The van der Waals surface area contributed by atoms with Gasteiger partial charge in [0, 0.05) is 17.7 Å². The number of rotatable bonds is 7. The summed E-state index contributed by atoms with van der Waals surface area (Å²) in [6.07, 6.45) is 4.81. The molecule has 2 aromatic carbocycles. The van der Waals surface area contributed by atoms with Crippen molar-refractivity contribution in [1.29, 1.82) is 0 Å². The van der Waals surface area contributed by atoms with E-state index in [-0.39, 0.29) is 21.5 Å². The van der Waals surface area contributed by atoms with Crippen molar-refractivity contribution < 1.29 is 13.2 Å². The first-order valence-electron chi connectivity index (χ1n) is 10.3. The Morgan fingerprint density at radius 1 is 1.00 bits per heavy atom. The van der Waals surface area contributed by atoms with Gasteiger partial charge in [0.15, 0.2) is 10.7 Å². The molecule has 0 saturated heterocycles. The third-order valence-corrected chi connectivity index (χ3v) is 7.73. The van der Waals surface area contributed by atoms with Crippen LogP contribution in [0.15, 0.2) is 77.2 Å². The first kappa shape index (κ1) is 21.1. The Morgan fingerprint density at radius 3 is 2.50 bits per heavy atom. The Morgan fingerprint density at radius 2 is 1.75 bits per heavy atom. The Balaban J connectivity index is 1.29. The summed E-state index contributed by atoms with van der Waals surface area (Å²) >= 11 is 5.89. The molecule has 32 heavy (non-hydrogen) atoms. The monoisotopic (exact) mass is 468 g/mol. The molecule has 0 aliphatic heterocycles. The highest BCUT2D eigenvalue weighted by Crippen LogP contribution is 2.39. The summed E-state index contributed by atoms with van der Waals surface area (Å²) < 4.78 is 34.0. The Labute approximate surface area is 191 Å². The molecule has 0 N–H and O–H groups in total. The van der Waals surface area contributed by atoms with Crippen LogP contribution in [0.3, 0.4) is 0 Å². The van der Waals surface area contributed by atoms with Gasteiger partial charge in [-0.1, -0.05) is 41.9 Å². The third kappa shape index (κ3) is 4.01. The molecule has 0 spiro atoms. The van der Waals surface area contributed by atoms with Crippen LogP contribution in [0.5, 0.6) is 0 Å². The summed E-state index contributed by atoms with van der Waals surface area (Å²) in [6, 6.07) is 16.3. The lowest BCUT2D eigenvalue weighted by molar-refractivity contribution is 0.0385. The first-order valence-corrected chi connectivity index (χ1v) is 12.2. The molecule has 0 unspecified atom stereocenters. The van der Waals surface area contributed by atoms with Gasteiger partial charge in [0.05, 0.1) is 17.8 Å². The predicted octanol–water partition coefficient (Wildman–Crippen LogP) is 4.48. The van der Waals surface area contributed by atoms with E-state index in [1.807, 2.05) is 22.8 Å². The molecule has 2 heterocycles. The number of benzene rings is 2. The molecule has 1 aliphatic rings. The van der Waals surface area contributed by atoms with Gasteiger partial charge in [0.25, 0.3) is 0 Å². The van der Waals surface area contributed by atoms with Gasteiger partial charge in [-0.25, -0.2) is 23.4 Å². The van der Waals surface area contributed by atoms with Gasteiger partial charge < -0.3 is 9.30 Å². The van der Waals surface area contributed by atoms with Crippen molar-refractivity contribution in [2.75, 3.05) is 6.61 Å². The van der Waals surface area contributed by atoms with Gasteiger partial charge in [-0.15, -0.1) is 0 Å². The molecule has 1 aliphatic carbocycles. The molecule has 4 aromatic rings. The van der Waals surface area contributed by atoms with E-state index < -0.39 is 9.84 Å². The quantitative estimate of drug-likeness (QED) is 0.371. The standard InChI is InChI=1S/C23H21ClN4O3S/c24-18-6-8-20(9-7-18)32(29,30)23-21-22(25-14-26-23)28(15-27-21)19-10-17(11-19)13-31-12-16-4-2-1-3-5-16/h1-9,14-15,17,19H,10-13H2. The van der Waals surface area contributed by atoms with Crippen molar-refractivity contribution >= 4 is 32.6 Å². The van der Waals surface area contributed by atoms with E-state index in [1.54, 1.807) is 18.5 Å². The van der Waals surface area contributed by atoms with Crippen molar-refractivity contribution in [2.24, 2.45) is 5.92 Å². The SMILES string of the molecule is O=S(=O)(c1ccc(Cl)cc1)c1ncnc2c1ncn2C1CC(COCc2ccccc2)C1. The number of fused-ring (bicyclic) bond motifs is 1. The van der Waals surface area contributed by atoms with Crippen LogP contribution in [0.4, 0.5) is 0 Å². The number of hydrogen-bond acceptors (Lipinski definition) is 6. The number of halogens is 1. The largest absolute Gasteiger partial charge is 0.376 e. The number of nitrogens with zero attached hydrogens (tertiary/aromatic N) is 4. The van der Waals surface area contributed by atoms with Crippen LogP contribution in [-0.4, -0.2) is 34.5 Å². The summed E-state index contributed by atoms with van der Waals surface area (Å²) in [5.74, 6) is 0.459. The molecule has 0 atom stereocenters. The maximum absolute atomic E-state index is 13.1. The highest BCUT2D eigenvalue weighted by Gasteiger charge is 2.33. The van der Waals surface area contributed by atoms with Gasteiger partial charge in [-0.2, -0.15) is 0 Å². The van der Waals surface area contributed by atoms with Crippen LogP contribution >= 0.6 is 11.6 Å². The summed E-state index contributed by atoms with van der Waals surface area (Å²) in [5.41, 5.74) is 1.97. The highest BCUT2D eigenvalue weighted by molar-refractivity contribution is 7.91. The molecule has 0 bridgehead atoms. The molecular formula is C23H21ClN4O3S. The fourth-order valence-electron chi connectivity index (χ4n) is 4.00. The van der Waals surface area contributed by atoms with Crippen molar-refractivity contribution in [3.63, 3.8) is 0 Å². The van der Waals surface area contributed by atoms with Crippen LogP contribution in [0.25, 0.3) is 11.2 Å². The molecular weight excluding hydrogens is 448 g/mol. The van der Waals surface area contributed by atoms with E-state index in [0.717, 1.165) is 18.4 Å². The Kier molecular flexibility index (Phi) is 5.67. The molecule has 2 aromatic heterocycles. The van der Waals surface area contributed by atoms with Crippen molar-refractivity contribution in [3.8, 4) is 0 Å². The average molecular weight is 469 g/mol. The van der Waals surface area contributed by atoms with Crippen molar-refractivity contribution in [1.82, 2.24) is 19.5 Å². The van der Waals surface area contributed by atoms with Gasteiger partial charge in [-0.05, 0) is 48.6 Å². The van der Waals surface area contributed by atoms with E-state index >= 15 is 0 Å². The maximum Gasteiger partial charge on any atom is 0.226 e. The topological polar surface area (TPSA) is 87.0 Å². The van der Waals surface area contributed by atoms with Crippen molar-refractivity contribution in [2.45, 2.75) is 35.4 Å². The van der Waals surface area contributed by atoms with Crippen LogP contribution in [0.2, 0.25) is 5.02 Å². The average Bonchev–Trinajstić information content (AvgIpc) is 3.20. The fourth-order valence-corrected chi connectivity index (χ4v) is 5.43. The molecule has 0 amide bonds. The van der Waals surface area contributed by atoms with Gasteiger partial charge in [-0.3, -0.25) is 0 Å². The van der Waals surface area contributed by atoms with E-state index in [4.69, 9.17) is 16.3 Å². The Bertz CT molecular complexity index is 1330. The summed E-state index contributed by atoms with van der Waals surface area (Å²) in [6.45, 7) is 1.30. The number of ether oxygens (including phenoxy) is 1. The smallest absolute Gasteiger partial charge is 0.226 e. The summed E-state index contributed by atoms with van der Waals surface area (Å²) in [5, 5.41) is 0.374. The molecule has 164 valence electrons. The summed E-state index contributed by atoms with van der Waals surface area (Å²) in [4.78, 5) is 12.9. The lowest BCUT2D eigenvalue weighted by Crippen LogP contribution is -2.29. The second-order valence-electron chi connectivity index (χ2n) is 7.95. The number of imidazole rings is 1. The molecule has 1 fully saturated rings. The molecule has 0 radical (unpaired) electrons. The second-order valence-corrected chi connectivity index (χ2v) is 10.3. The lowest BCUT2D eigenvalue weighted by Gasteiger charge is -2.36. The van der Waals surface area contributed by atoms with Gasteiger partial charge >= 0.3 is 0 Å². The zero-order valence-corrected chi connectivity index (χ0v) is 18.7. The highest BCUT2D eigenvalue weighted by atomic mass is 35.5. The molecule has 7 nitrogen and oxygen atoms in total. The zero-order chi connectivity index (χ0) is 22.1. The van der Waals surface area contributed by atoms with E-state index in [1.165, 1.54) is 18.5 Å². The minimum absolute atomic E-state index is 0.0920. The van der Waals surface area contributed by atoms with Crippen LogP contribution in [-0.2, 0) is 21.2 Å². The predicted molar refractivity (Wildman–Crippen MR) is 120 cm³/mol. The van der Waals surface area contributed by atoms with Crippen LogP contribution in [0.1, 0.15) is 24.4 Å². The normalized spacial score (nSPS) is 18.5. The molecule has 9 heteroatoms. The number of sulfone groups is 1. The van der Waals surface area contributed by atoms with E-state index in [0.29, 0.717) is 29.8 Å². The van der Waals surface area contributed by atoms with Gasteiger partial charge in [0.1, 0.15) is 11.8 Å². The summed E-state index contributed by atoms with van der Waals surface area (Å²) in [7, 11) is -3.84. The van der Waals surface area contributed by atoms with Crippen LogP contribution in [0, 0.1) is 5.92 Å². The third-order valence-electron chi connectivity index (χ3n) is 5.77. The second kappa shape index (κ2) is 8.61. The Hall–Kier alpha value is -2.81. The first-order chi connectivity index (χ1) is 15.5. The number of hydrogen-bond donors (Lipinski definition) is 0. The minimum Gasteiger partial charge on any atom is -0.376 e. The van der Waals surface area contributed by atoms with Crippen LogP contribution < -0.4 is 0 Å². The molecule has 5 rings (SSSR count). The lowest BCUT2D eigenvalue weighted by atomic mass is 9.80. The fraction of sp³-hybridized carbons (Fsp3) is 0.261. The minimum atomic E-state index is -3.84. The number of aromatic nitrogens is 4. The van der Waals surface area contributed by atoms with E-state index in [2.05, 4.69) is 27.1 Å². The zero-order valence-electron chi connectivity index (χ0n) is 17.1. The van der Waals surface area contributed by atoms with Crippen molar-refractivity contribution in [3.05, 3.63) is 77.8 Å².